The summed E-state index contributed by atoms with van der Waals surface area (Å²) >= 11 is 0. The van der Waals surface area contributed by atoms with Crippen LogP contribution >= 0.6 is 12.4 Å². The van der Waals surface area contributed by atoms with Crippen LogP contribution in [0.15, 0.2) is 0 Å². The maximum atomic E-state index is 11.8. The molecule has 1 saturated heterocycles. The summed E-state index contributed by atoms with van der Waals surface area (Å²) in [6.45, 7) is 5.07. The van der Waals surface area contributed by atoms with Crippen LogP contribution in [-0.4, -0.2) is 55.6 Å². The van der Waals surface area contributed by atoms with Gasteiger partial charge in [-0.3, -0.25) is 9.59 Å². The molecular weight excluding hydrogens is 282 g/mol. The Kier molecular flexibility index (Phi) is 8.76. The minimum atomic E-state index is -0.573. The maximum Gasteiger partial charge on any atom is 0.241 e. The number of nitrogens with zero attached hydrogens (tertiary/aromatic N) is 1. The van der Waals surface area contributed by atoms with Gasteiger partial charge in [-0.15, -0.1) is 12.4 Å². The van der Waals surface area contributed by atoms with E-state index in [1.54, 1.807) is 11.9 Å². The van der Waals surface area contributed by atoms with Gasteiger partial charge in [-0.05, 0) is 18.8 Å². The Morgan fingerprint density at radius 2 is 2.10 bits per heavy atom. The lowest BCUT2D eigenvalue weighted by molar-refractivity contribution is -0.133. The van der Waals surface area contributed by atoms with E-state index in [0.717, 1.165) is 19.4 Å². The fourth-order valence-corrected chi connectivity index (χ4v) is 1.91. The molecule has 118 valence electrons. The predicted molar refractivity (Wildman–Crippen MR) is 79.7 cm³/mol. The van der Waals surface area contributed by atoms with E-state index in [4.69, 9.17) is 10.5 Å². The van der Waals surface area contributed by atoms with Crippen molar-refractivity contribution in [1.82, 2.24) is 10.2 Å². The number of carbonyl (C=O) groups excluding carboxylic acids is 2. The number of amides is 2. The zero-order valence-corrected chi connectivity index (χ0v) is 13.2. The molecule has 0 saturated carbocycles. The number of ether oxygens (including phenoxy) is 1. The Bertz CT molecular complexity index is 320. The van der Waals surface area contributed by atoms with Crippen molar-refractivity contribution in [3.8, 4) is 0 Å². The molecule has 1 rings (SSSR count). The van der Waals surface area contributed by atoms with Gasteiger partial charge in [-0.2, -0.15) is 0 Å². The highest BCUT2D eigenvalue weighted by Crippen LogP contribution is 2.12. The van der Waals surface area contributed by atoms with Crippen molar-refractivity contribution in [3.05, 3.63) is 0 Å². The van der Waals surface area contributed by atoms with Gasteiger partial charge < -0.3 is 20.7 Å². The highest BCUT2D eigenvalue weighted by molar-refractivity contribution is 5.87. The van der Waals surface area contributed by atoms with Crippen molar-refractivity contribution in [2.75, 3.05) is 26.7 Å². The van der Waals surface area contributed by atoms with E-state index in [0.29, 0.717) is 6.54 Å². The summed E-state index contributed by atoms with van der Waals surface area (Å²) in [5.41, 5.74) is 5.70. The largest absolute Gasteiger partial charge is 0.376 e. The zero-order valence-electron chi connectivity index (χ0n) is 12.4. The van der Waals surface area contributed by atoms with Crippen LogP contribution in [0.1, 0.15) is 26.7 Å². The first-order valence-electron chi connectivity index (χ1n) is 6.80. The number of likely N-dealkylation sites (N-methyl/N-ethyl adjacent to an activating group) is 1. The normalized spacial score (nSPS) is 19.4. The fourth-order valence-electron chi connectivity index (χ4n) is 1.91. The van der Waals surface area contributed by atoms with Crippen molar-refractivity contribution >= 4 is 24.2 Å². The summed E-state index contributed by atoms with van der Waals surface area (Å²) in [5, 5.41) is 2.57. The first kappa shape index (κ1) is 19.1. The van der Waals surface area contributed by atoms with Crippen LogP contribution in [-0.2, 0) is 14.3 Å². The number of carbonyl (C=O) groups is 2. The van der Waals surface area contributed by atoms with Crippen molar-refractivity contribution < 1.29 is 14.3 Å². The molecule has 7 heteroatoms. The predicted octanol–water partition coefficient (Wildman–Crippen LogP) is 0.145. The molecule has 2 amide bonds. The van der Waals surface area contributed by atoms with Crippen molar-refractivity contribution in [3.63, 3.8) is 0 Å². The molecule has 2 atom stereocenters. The molecule has 0 radical (unpaired) electrons. The Morgan fingerprint density at radius 3 is 2.60 bits per heavy atom. The molecule has 0 aromatic carbocycles. The number of halogens is 1. The quantitative estimate of drug-likeness (QED) is 0.731. The Balaban J connectivity index is 0.00000361. The molecule has 3 N–H and O–H groups in total. The van der Waals surface area contributed by atoms with Crippen LogP contribution < -0.4 is 11.1 Å². The standard InChI is InChI=1S/C13H25N3O3.ClH/c1-9(2)12(14)13(18)15-7-11(17)16(3)8-10-5-4-6-19-10;/h9-10,12H,4-8,14H2,1-3H3,(H,15,18);1H/t10?,12-;/m0./s1. The summed E-state index contributed by atoms with van der Waals surface area (Å²) < 4.78 is 5.47. The topological polar surface area (TPSA) is 84.7 Å². The summed E-state index contributed by atoms with van der Waals surface area (Å²) in [6.07, 6.45) is 2.16. The minimum Gasteiger partial charge on any atom is -0.376 e. The summed E-state index contributed by atoms with van der Waals surface area (Å²) in [5.74, 6) is -0.353. The number of hydrogen-bond donors (Lipinski definition) is 2. The molecule has 6 nitrogen and oxygen atoms in total. The summed E-state index contributed by atoms with van der Waals surface area (Å²) in [4.78, 5) is 25.1. The molecular formula is C13H26ClN3O3. The molecule has 0 spiro atoms. The third-order valence-electron chi connectivity index (χ3n) is 3.36. The van der Waals surface area contributed by atoms with E-state index in [2.05, 4.69) is 5.32 Å². The first-order chi connectivity index (χ1) is 8.91. The van der Waals surface area contributed by atoms with Gasteiger partial charge in [0.2, 0.25) is 11.8 Å². The van der Waals surface area contributed by atoms with E-state index in [9.17, 15) is 9.59 Å². The van der Waals surface area contributed by atoms with Crippen LogP contribution in [0.25, 0.3) is 0 Å². The molecule has 1 aliphatic heterocycles. The van der Waals surface area contributed by atoms with E-state index in [-0.39, 0.29) is 42.8 Å². The molecule has 0 aromatic heterocycles. The van der Waals surface area contributed by atoms with Gasteiger partial charge in [0, 0.05) is 20.2 Å². The molecule has 1 aliphatic rings. The molecule has 1 fully saturated rings. The second-order valence-electron chi connectivity index (χ2n) is 5.40. The number of nitrogens with two attached hydrogens (primary N) is 1. The van der Waals surface area contributed by atoms with Gasteiger partial charge in [0.1, 0.15) is 0 Å². The average Bonchev–Trinajstić information content (AvgIpc) is 2.86. The second-order valence-corrected chi connectivity index (χ2v) is 5.40. The SMILES string of the molecule is CC(C)[C@H](N)C(=O)NCC(=O)N(C)CC1CCCO1.Cl. The molecule has 0 aliphatic carbocycles. The van der Waals surface area contributed by atoms with Crippen LogP contribution in [0.5, 0.6) is 0 Å². The van der Waals surface area contributed by atoms with E-state index in [1.807, 2.05) is 13.8 Å². The third-order valence-corrected chi connectivity index (χ3v) is 3.36. The van der Waals surface area contributed by atoms with Gasteiger partial charge >= 0.3 is 0 Å². The Hall–Kier alpha value is -0.850. The van der Waals surface area contributed by atoms with E-state index < -0.39 is 6.04 Å². The molecule has 0 bridgehead atoms. The van der Waals surface area contributed by atoms with E-state index in [1.165, 1.54) is 0 Å². The van der Waals surface area contributed by atoms with Crippen molar-refractivity contribution in [2.45, 2.75) is 38.8 Å². The van der Waals surface area contributed by atoms with Crippen molar-refractivity contribution in [1.29, 1.82) is 0 Å². The number of nitrogens with one attached hydrogen (secondary N) is 1. The number of rotatable bonds is 6. The molecule has 1 heterocycles. The lowest BCUT2D eigenvalue weighted by Crippen LogP contribution is -2.48. The summed E-state index contributed by atoms with van der Waals surface area (Å²) in [7, 11) is 1.72. The van der Waals surface area contributed by atoms with Gasteiger partial charge in [-0.1, -0.05) is 13.8 Å². The molecule has 20 heavy (non-hydrogen) atoms. The maximum absolute atomic E-state index is 11.8. The Morgan fingerprint density at radius 1 is 1.45 bits per heavy atom. The molecule has 0 aromatic rings. The summed E-state index contributed by atoms with van der Waals surface area (Å²) in [6, 6.07) is -0.573. The fraction of sp³-hybridized carbons (Fsp3) is 0.846. The van der Waals surface area contributed by atoms with Crippen LogP contribution in [0.3, 0.4) is 0 Å². The lowest BCUT2D eigenvalue weighted by Gasteiger charge is -2.22. The second kappa shape index (κ2) is 9.15. The lowest BCUT2D eigenvalue weighted by atomic mass is 10.1. The van der Waals surface area contributed by atoms with Gasteiger partial charge in [0.15, 0.2) is 0 Å². The number of hydrogen-bond acceptors (Lipinski definition) is 4. The van der Waals surface area contributed by atoms with Gasteiger partial charge in [-0.25, -0.2) is 0 Å². The third kappa shape index (κ3) is 6.07. The minimum absolute atomic E-state index is 0. The van der Waals surface area contributed by atoms with Gasteiger partial charge in [0.25, 0.3) is 0 Å². The smallest absolute Gasteiger partial charge is 0.241 e. The van der Waals surface area contributed by atoms with E-state index >= 15 is 0 Å². The average molecular weight is 308 g/mol. The van der Waals surface area contributed by atoms with Crippen molar-refractivity contribution in [2.24, 2.45) is 11.7 Å². The van der Waals surface area contributed by atoms with Crippen LogP contribution in [0, 0.1) is 5.92 Å². The highest BCUT2D eigenvalue weighted by atomic mass is 35.5. The molecule has 1 unspecified atom stereocenters. The van der Waals surface area contributed by atoms with Crippen LogP contribution in [0.4, 0.5) is 0 Å². The first-order valence-corrected chi connectivity index (χ1v) is 6.80. The Labute approximate surface area is 126 Å². The van der Waals surface area contributed by atoms with Crippen LogP contribution in [0.2, 0.25) is 0 Å². The zero-order chi connectivity index (χ0) is 14.4. The monoisotopic (exact) mass is 307 g/mol. The van der Waals surface area contributed by atoms with Gasteiger partial charge in [0.05, 0.1) is 18.7 Å². The highest BCUT2D eigenvalue weighted by Gasteiger charge is 2.21.